The van der Waals surface area contributed by atoms with Crippen LogP contribution in [0.5, 0.6) is 0 Å². The Morgan fingerprint density at radius 3 is 2.35 bits per heavy atom. The summed E-state index contributed by atoms with van der Waals surface area (Å²) in [7, 11) is 2.14. The Balaban J connectivity index is 2.50. The Hall–Kier alpha value is -0.120. The molecule has 17 heavy (non-hydrogen) atoms. The van der Waals surface area contributed by atoms with Crippen LogP contribution in [-0.2, 0) is 0 Å². The quantitative estimate of drug-likeness (QED) is 0.749. The standard InChI is InChI=1S/C14H30N2O/c1-4-5-13(15)14(10-17)16(3)12-8-6-11(2)7-9-12/h11-14,17H,4-10,15H2,1-3H3. The van der Waals surface area contributed by atoms with Crippen LogP contribution < -0.4 is 5.73 Å². The Labute approximate surface area is 106 Å². The molecule has 102 valence electrons. The van der Waals surface area contributed by atoms with E-state index in [2.05, 4.69) is 25.8 Å². The van der Waals surface area contributed by atoms with E-state index in [0.29, 0.717) is 6.04 Å². The molecule has 0 aliphatic heterocycles. The highest BCUT2D eigenvalue weighted by Crippen LogP contribution is 2.27. The first kappa shape index (κ1) is 14.9. The second kappa shape index (κ2) is 7.34. The van der Waals surface area contributed by atoms with Crippen LogP contribution in [0.1, 0.15) is 52.4 Å². The maximum absolute atomic E-state index is 9.55. The molecule has 1 rings (SSSR count). The molecule has 0 aromatic carbocycles. The third-order valence-corrected chi connectivity index (χ3v) is 4.39. The van der Waals surface area contributed by atoms with Crippen molar-refractivity contribution in [1.82, 2.24) is 4.90 Å². The van der Waals surface area contributed by atoms with Crippen LogP contribution in [0.3, 0.4) is 0 Å². The maximum atomic E-state index is 9.55. The number of hydrogen-bond acceptors (Lipinski definition) is 3. The van der Waals surface area contributed by atoms with E-state index in [1.807, 2.05) is 0 Å². The third-order valence-electron chi connectivity index (χ3n) is 4.39. The van der Waals surface area contributed by atoms with Gasteiger partial charge in [-0.05, 0) is 45.1 Å². The van der Waals surface area contributed by atoms with Crippen molar-refractivity contribution >= 4 is 0 Å². The summed E-state index contributed by atoms with van der Waals surface area (Å²) in [6.07, 6.45) is 7.23. The van der Waals surface area contributed by atoms with Gasteiger partial charge < -0.3 is 10.8 Å². The number of nitrogens with zero attached hydrogens (tertiary/aromatic N) is 1. The van der Waals surface area contributed by atoms with Gasteiger partial charge in [0, 0.05) is 18.1 Å². The molecule has 0 radical (unpaired) electrons. The number of hydrogen-bond donors (Lipinski definition) is 2. The molecule has 0 bridgehead atoms. The molecule has 2 unspecified atom stereocenters. The van der Waals surface area contributed by atoms with Crippen molar-refractivity contribution in [2.24, 2.45) is 11.7 Å². The van der Waals surface area contributed by atoms with Gasteiger partial charge >= 0.3 is 0 Å². The van der Waals surface area contributed by atoms with Crippen molar-refractivity contribution in [2.45, 2.75) is 70.5 Å². The molecule has 1 saturated carbocycles. The largest absolute Gasteiger partial charge is 0.395 e. The van der Waals surface area contributed by atoms with Gasteiger partial charge in [0.25, 0.3) is 0 Å². The van der Waals surface area contributed by atoms with Crippen molar-refractivity contribution in [1.29, 1.82) is 0 Å². The fourth-order valence-electron chi connectivity index (χ4n) is 3.01. The van der Waals surface area contributed by atoms with E-state index in [1.165, 1.54) is 25.7 Å². The lowest BCUT2D eigenvalue weighted by Gasteiger charge is -2.40. The summed E-state index contributed by atoms with van der Waals surface area (Å²) in [4.78, 5) is 2.34. The second-order valence-corrected chi connectivity index (χ2v) is 5.78. The van der Waals surface area contributed by atoms with Crippen LogP contribution in [0.15, 0.2) is 0 Å². The highest BCUT2D eigenvalue weighted by atomic mass is 16.3. The molecule has 3 nitrogen and oxygen atoms in total. The van der Waals surface area contributed by atoms with E-state index < -0.39 is 0 Å². The fourth-order valence-corrected chi connectivity index (χ4v) is 3.01. The van der Waals surface area contributed by atoms with Crippen molar-refractivity contribution in [3.05, 3.63) is 0 Å². The van der Waals surface area contributed by atoms with E-state index in [-0.39, 0.29) is 18.7 Å². The predicted octanol–water partition coefficient (Wildman–Crippen LogP) is 1.99. The molecule has 0 spiro atoms. The van der Waals surface area contributed by atoms with E-state index >= 15 is 0 Å². The summed E-state index contributed by atoms with van der Waals surface area (Å²) < 4.78 is 0. The molecule has 0 amide bonds. The van der Waals surface area contributed by atoms with Crippen LogP contribution in [-0.4, -0.2) is 41.8 Å². The zero-order valence-corrected chi connectivity index (χ0v) is 11.7. The van der Waals surface area contributed by atoms with E-state index in [0.717, 1.165) is 18.8 Å². The first-order chi connectivity index (χ1) is 8.10. The average molecular weight is 242 g/mol. The van der Waals surface area contributed by atoms with E-state index in [4.69, 9.17) is 5.73 Å². The SMILES string of the molecule is CCCC(N)C(CO)N(C)C1CCC(C)CC1. The molecular formula is C14H30N2O. The maximum Gasteiger partial charge on any atom is 0.0601 e. The van der Waals surface area contributed by atoms with Crippen molar-refractivity contribution in [2.75, 3.05) is 13.7 Å². The molecular weight excluding hydrogens is 212 g/mol. The van der Waals surface area contributed by atoms with E-state index in [9.17, 15) is 5.11 Å². The van der Waals surface area contributed by atoms with Gasteiger partial charge in [-0.15, -0.1) is 0 Å². The average Bonchev–Trinajstić information content (AvgIpc) is 2.31. The van der Waals surface area contributed by atoms with Gasteiger partial charge in [0.05, 0.1) is 6.61 Å². The Kier molecular flexibility index (Phi) is 6.45. The Bertz CT molecular complexity index is 202. The minimum absolute atomic E-state index is 0.106. The molecule has 1 aliphatic rings. The van der Waals surface area contributed by atoms with Crippen LogP contribution >= 0.6 is 0 Å². The summed E-state index contributed by atoms with van der Waals surface area (Å²) in [5, 5.41) is 9.55. The molecule has 0 aromatic heterocycles. The number of likely N-dealkylation sites (N-methyl/N-ethyl adjacent to an activating group) is 1. The molecule has 3 heteroatoms. The summed E-state index contributed by atoms with van der Waals surface area (Å²) >= 11 is 0. The molecule has 0 aromatic rings. The van der Waals surface area contributed by atoms with E-state index in [1.54, 1.807) is 0 Å². The third kappa shape index (κ3) is 4.23. The first-order valence-corrected chi connectivity index (χ1v) is 7.18. The highest BCUT2D eigenvalue weighted by molar-refractivity contribution is 4.86. The topological polar surface area (TPSA) is 49.5 Å². The summed E-state index contributed by atoms with van der Waals surface area (Å²) in [5.74, 6) is 0.872. The van der Waals surface area contributed by atoms with Gasteiger partial charge in [-0.1, -0.05) is 20.3 Å². The number of nitrogens with two attached hydrogens (primary N) is 1. The fraction of sp³-hybridized carbons (Fsp3) is 1.00. The lowest BCUT2D eigenvalue weighted by Crippen LogP contribution is -2.52. The molecule has 0 heterocycles. The number of aliphatic hydroxyl groups excluding tert-OH is 1. The highest BCUT2D eigenvalue weighted by Gasteiger charge is 2.29. The van der Waals surface area contributed by atoms with Crippen LogP contribution in [0, 0.1) is 5.92 Å². The zero-order valence-electron chi connectivity index (χ0n) is 11.7. The van der Waals surface area contributed by atoms with Crippen LogP contribution in [0.25, 0.3) is 0 Å². The summed E-state index contributed by atoms with van der Waals surface area (Å²) in [6.45, 7) is 4.67. The minimum atomic E-state index is 0.106. The van der Waals surface area contributed by atoms with Gasteiger partial charge in [0.1, 0.15) is 0 Å². The molecule has 0 saturated heterocycles. The first-order valence-electron chi connectivity index (χ1n) is 7.18. The predicted molar refractivity (Wildman–Crippen MR) is 72.9 cm³/mol. The minimum Gasteiger partial charge on any atom is -0.395 e. The van der Waals surface area contributed by atoms with Gasteiger partial charge in [-0.2, -0.15) is 0 Å². The van der Waals surface area contributed by atoms with Crippen molar-refractivity contribution < 1.29 is 5.11 Å². The smallest absolute Gasteiger partial charge is 0.0601 e. The monoisotopic (exact) mass is 242 g/mol. The van der Waals surface area contributed by atoms with Crippen molar-refractivity contribution in [3.63, 3.8) is 0 Å². The lowest BCUT2D eigenvalue weighted by molar-refractivity contribution is 0.0656. The zero-order chi connectivity index (χ0) is 12.8. The number of aliphatic hydroxyl groups is 1. The van der Waals surface area contributed by atoms with Gasteiger partial charge in [0.15, 0.2) is 0 Å². The molecule has 1 fully saturated rings. The van der Waals surface area contributed by atoms with Crippen molar-refractivity contribution in [3.8, 4) is 0 Å². The Morgan fingerprint density at radius 1 is 1.29 bits per heavy atom. The molecule has 2 atom stereocenters. The van der Waals surface area contributed by atoms with Crippen LogP contribution in [0.4, 0.5) is 0 Å². The van der Waals surface area contributed by atoms with Gasteiger partial charge in [-0.3, -0.25) is 4.90 Å². The molecule has 1 aliphatic carbocycles. The van der Waals surface area contributed by atoms with Crippen LogP contribution in [0.2, 0.25) is 0 Å². The normalized spacial score (nSPS) is 29.3. The summed E-state index contributed by atoms with van der Waals surface area (Å²) in [5.41, 5.74) is 6.17. The van der Waals surface area contributed by atoms with Gasteiger partial charge in [0.2, 0.25) is 0 Å². The second-order valence-electron chi connectivity index (χ2n) is 5.78. The number of rotatable bonds is 6. The summed E-state index contributed by atoms with van der Waals surface area (Å²) in [6, 6.07) is 0.856. The lowest BCUT2D eigenvalue weighted by atomic mass is 9.85. The Morgan fingerprint density at radius 2 is 1.88 bits per heavy atom. The molecule has 3 N–H and O–H groups in total. The van der Waals surface area contributed by atoms with Gasteiger partial charge in [-0.25, -0.2) is 0 Å².